The summed E-state index contributed by atoms with van der Waals surface area (Å²) in [6.45, 7) is 7.73. The molecule has 0 aliphatic rings. The fourth-order valence-electron chi connectivity index (χ4n) is 3.61. The first-order valence-electron chi connectivity index (χ1n) is 11.3. The van der Waals surface area contributed by atoms with Crippen molar-refractivity contribution in [2.75, 3.05) is 0 Å². The second kappa shape index (κ2) is 10.5. The number of aromatic amines is 1. The van der Waals surface area contributed by atoms with Gasteiger partial charge in [-0.2, -0.15) is 5.10 Å². The molecule has 0 saturated carbocycles. The molecule has 4 rings (SSSR count). The van der Waals surface area contributed by atoms with Crippen molar-refractivity contribution in [1.82, 2.24) is 25.5 Å². The normalized spacial score (nSPS) is 11.4. The van der Waals surface area contributed by atoms with E-state index in [1.54, 1.807) is 38.2 Å². The minimum absolute atomic E-state index is 0.255. The van der Waals surface area contributed by atoms with E-state index in [1.807, 2.05) is 44.2 Å². The first-order valence-corrected chi connectivity index (χ1v) is 12.1. The molecule has 0 fully saturated rings. The lowest BCUT2D eigenvalue weighted by Crippen LogP contribution is -2.23. The molecule has 0 unspecified atom stereocenters. The Bertz CT molecular complexity index is 1510. The van der Waals surface area contributed by atoms with Crippen LogP contribution in [0.2, 0.25) is 0 Å². The van der Waals surface area contributed by atoms with Crippen molar-refractivity contribution in [2.45, 2.75) is 34.2 Å². The van der Waals surface area contributed by atoms with Gasteiger partial charge in [0.05, 0.1) is 39.0 Å². The number of nitrogens with zero attached hydrogens (tertiary/aromatic N) is 3. The van der Waals surface area contributed by atoms with Crippen LogP contribution in [0.1, 0.15) is 54.3 Å². The number of H-pyrrole nitrogens is 1. The van der Waals surface area contributed by atoms with Gasteiger partial charge in [0.1, 0.15) is 0 Å². The molecule has 1 aromatic carbocycles. The highest BCUT2D eigenvalue weighted by Gasteiger charge is 2.17. The van der Waals surface area contributed by atoms with Gasteiger partial charge in [-0.3, -0.25) is 24.5 Å². The molecule has 184 valence electrons. The van der Waals surface area contributed by atoms with Crippen LogP contribution >= 0.6 is 11.3 Å². The number of thiophene rings is 1. The molecule has 0 spiro atoms. The molecule has 0 saturated heterocycles. The topological polar surface area (TPSA) is 121 Å². The molecular formula is C26H26N6O3S. The molecule has 3 heterocycles. The van der Waals surface area contributed by atoms with E-state index in [0.29, 0.717) is 26.7 Å². The highest BCUT2D eigenvalue weighted by atomic mass is 32.1. The summed E-state index contributed by atoms with van der Waals surface area (Å²) in [6.07, 6.45) is 1.66. The zero-order chi connectivity index (χ0) is 25.8. The third-order valence-corrected chi connectivity index (χ3v) is 6.80. The van der Waals surface area contributed by atoms with Crippen molar-refractivity contribution < 1.29 is 9.59 Å². The van der Waals surface area contributed by atoms with Gasteiger partial charge in [-0.25, -0.2) is 10.1 Å². The Labute approximate surface area is 211 Å². The summed E-state index contributed by atoms with van der Waals surface area (Å²) >= 11 is 1.06. The summed E-state index contributed by atoms with van der Waals surface area (Å²) in [4.78, 5) is 43.0. The van der Waals surface area contributed by atoms with Gasteiger partial charge in [0.25, 0.3) is 17.4 Å². The first kappa shape index (κ1) is 24.8. The molecule has 10 heteroatoms. The Morgan fingerprint density at radius 3 is 2.47 bits per heavy atom. The molecule has 9 nitrogen and oxygen atoms in total. The third kappa shape index (κ3) is 5.33. The van der Waals surface area contributed by atoms with E-state index in [0.717, 1.165) is 33.8 Å². The van der Waals surface area contributed by atoms with Crippen LogP contribution in [-0.2, 0) is 6.54 Å². The van der Waals surface area contributed by atoms with E-state index < -0.39 is 5.91 Å². The number of carbonyl (C=O) groups is 2. The molecule has 0 bridgehead atoms. The summed E-state index contributed by atoms with van der Waals surface area (Å²) in [5, 5.41) is 10.0. The fourth-order valence-corrected chi connectivity index (χ4v) is 4.42. The van der Waals surface area contributed by atoms with Crippen LogP contribution in [0.5, 0.6) is 0 Å². The Morgan fingerprint density at radius 2 is 1.78 bits per heavy atom. The van der Waals surface area contributed by atoms with Gasteiger partial charge in [0.15, 0.2) is 0 Å². The average molecular weight is 503 g/mol. The van der Waals surface area contributed by atoms with E-state index in [-0.39, 0.29) is 18.0 Å². The number of hydrogen-bond donors (Lipinski definition) is 3. The van der Waals surface area contributed by atoms with Crippen molar-refractivity contribution in [3.05, 3.63) is 103 Å². The van der Waals surface area contributed by atoms with Gasteiger partial charge in [-0.15, -0.1) is 11.3 Å². The molecule has 2 amide bonds. The van der Waals surface area contributed by atoms with Crippen molar-refractivity contribution >= 4 is 28.9 Å². The Balaban J connectivity index is 1.44. The second-order valence-electron chi connectivity index (χ2n) is 8.33. The number of amides is 2. The number of carbonyl (C=O) groups excluding carboxylic acids is 2. The second-order valence-corrected chi connectivity index (χ2v) is 9.41. The predicted octanol–water partition coefficient (Wildman–Crippen LogP) is 3.63. The van der Waals surface area contributed by atoms with Crippen LogP contribution in [0.25, 0.3) is 5.69 Å². The molecule has 4 aromatic rings. The Hall–Kier alpha value is -4.31. The highest BCUT2D eigenvalue weighted by Crippen LogP contribution is 2.17. The number of aromatic nitrogens is 3. The summed E-state index contributed by atoms with van der Waals surface area (Å²) in [5.41, 5.74) is 7.29. The van der Waals surface area contributed by atoms with Gasteiger partial charge < -0.3 is 5.32 Å². The van der Waals surface area contributed by atoms with Gasteiger partial charge in [-0.05, 0) is 75.2 Å². The minimum atomic E-state index is -0.467. The average Bonchev–Trinajstić information content (AvgIpc) is 3.48. The highest BCUT2D eigenvalue weighted by molar-refractivity contribution is 7.15. The molecule has 0 aliphatic carbocycles. The fraction of sp³-hybridized carbons (Fsp3) is 0.192. The zero-order valence-corrected chi connectivity index (χ0v) is 21.2. The zero-order valence-electron chi connectivity index (χ0n) is 20.4. The molecule has 3 aromatic heterocycles. The lowest BCUT2D eigenvalue weighted by Gasteiger charge is -2.05. The minimum Gasteiger partial charge on any atom is -0.346 e. The number of hydrazone groups is 1. The van der Waals surface area contributed by atoms with Crippen molar-refractivity contribution in [3.8, 4) is 5.69 Å². The maximum atomic E-state index is 13.1. The van der Waals surface area contributed by atoms with E-state index in [4.69, 9.17) is 0 Å². The summed E-state index contributed by atoms with van der Waals surface area (Å²) in [7, 11) is 0. The van der Waals surface area contributed by atoms with Crippen LogP contribution < -0.4 is 16.3 Å². The van der Waals surface area contributed by atoms with Gasteiger partial charge >= 0.3 is 0 Å². The number of pyridine rings is 1. The van der Waals surface area contributed by atoms with Gasteiger partial charge in [-0.1, -0.05) is 12.1 Å². The van der Waals surface area contributed by atoms with Crippen LogP contribution in [0, 0.1) is 20.8 Å². The number of hydrogen-bond acceptors (Lipinski definition) is 6. The molecular weight excluding hydrogens is 476 g/mol. The lowest BCUT2D eigenvalue weighted by atomic mass is 10.1. The van der Waals surface area contributed by atoms with Crippen LogP contribution in [0.3, 0.4) is 0 Å². The van der Waals surface area contributed by atoms with Crippen LogP contribution in [0.4, 0.5) is 0 Å². The largest absolute Gasteiger partial charge is 0.346 e. The van der Waals surface area contributed by atoms with Crippen molar-refractivity contribution in [1.29, 1.82) is 0 Å². The monoisotopic (exact) mass is 502 g/mol. The van der Waals surface area contributed by atoms with E-state index in [2.05, 4.69) is 25.9 Å². The van der Waals surface area contributed by atoms with Crippen molar-refractivity contribution in [3.63, 3.8) is 0 Å². The smallest absolute Gasteiger partial charge is 0.281 e. The van der Waals surface area contributed by atoms with E-state index >= 15 is 0 Å². The molecule has 0 radical (unpaired) electrons. The molecule has 36 heavy (non-hydrogen) atoms. The third-order valence-electron chi connectivity index (χ3n) is 5.72. The maximum Gasteiger partial charge on any atom is 0.281 e. The van der Waals surface area contributed by atoms with Gasteiger partial charge in [0.2, 0.25) is 0 Å². The predicted molar refractivity (Wildman–Crippen MR) is 140 cm³/mol. The summed E-state index contributed by atoms with van der Waals surface area (Å²) < 4.78 is 1.47. The number of nitrogens with one attached hydrogen (secondary N) is 3. The molecule has 0 atom stereocenters. The number of rotatable bonds is 7. The lowest BCUT2D eigenvalue weighted by molar-refractivity contribution is 0.0949. The standard InChI is InChI=1S/C26H26N6O3S/c1-15-8-9-20(13-16(15)2)32-26(35)23(18(4)31-32)17(3)29-30-25(34)22-11-10-21(36-22)24(33)28-14-19-7-5-6-12-27-19/h5-13,31H,14H2,1-4H3,(H,28,33)(H,30,34)/b29-17+. The quantitative estimate of drug-likeness (QED) is 0.264. The van der Waals surface area contributed by atoms with Crippen LogP contribution in [0.15, 0.2) is 64.6 Å². The summed E-state index contributed by atoms with van der Waals surface area (Å²) in [5.74, 6) is -0.759. The number of benzene rings is 1. The van der Waals surface area contributed by atoms with E-state index in [1.165, 1.54) is 4.68 Å². The maximum absolute atomic E-state index is 13.1. The number of aryl methyl sites for hydroxylation is 3. The van der Waals surface area contributed by atoms with Crippen LogP contribution in [-0.4, -0.2) is 32.3 Å². The SMILES string of the molecule is C/C(=N\NC(=O)c1ccc(C(=O)NCc2ccccn2)s1)c1c(C)[nH]n(-c2ccc(C)c(C)c2)c1=O. The van der Waals surface area contributed by atoms with Gasteiger partial charge in [0, 0.05) is 11.9 Å². The first-order chi connectivity index (χ1) is 17.2. The molecule has 3 N–H and O–H groups in total. The Kier molecular flexibility index (Phi) is 7.25. The Morgan fingerprint density at radius 1 is 1.03 bits per heavy atom. The van der Waals surface area contributed by atoms with E-state index in [9.17, 15) is 14.4 Å². The summed E-state index contributed by atoms with van der Waals surface area (Å²) in [6, 6.07) is 14.4. The van der Waals surface area contributed by atoms with Crippen molar-refractivity contribution in [2.24, 2.45) is 5.10 Å². The molecule has 0 aliphatic heterocycles.